The second-order valence-electron chi connectivity index (χ2n) is 7.23. The number of benzene rings is 2. The van der Waals surface area contributed by atoms with E-state index in [1.54, 1.807) is 25.1 Å². The molecule has 2 N–H and O–H groups in total. The number of sulfonamides is 1. The van der Waals surface area contributed by atoms with Crippen molar-refractivity contribution < 1.29 is 22.7 Å². The van der Waals surface area contributed by atoms with E-state index in [-0.39, 0.29) is 16.4 Å². The van der Waals surface area contributed by atoms with Crippen molar-refractivity contribution in [3.8, 4) is 0 Å². The van der Waals surface area contributed by atoms with Crippen LogP contribution in [0, 0.1) is 19.8 Å². The lowest BCUT2D eigenvalue weighted by atomic mass is 10.1. The van der Waals surface area contributed by atoms with Crippen LogP contribution in [0.1, 0.15) is 35.3 Å². The van der Waals surface area contributed by atoms with Crippen LogP contribution in [0.5, 0.6) is 0 Å². The molecule has 2 aromatic rings. The molecule has 0 aromatic heterocycles. The molecule has 2 aromatic carbocycles. The molecule has 29 heavy (non-hydrogen) atoms. The zero-order valence-electron chi connectivity index (χ0n) is 17.0. The molecule has 0 aliphatic carbocycles. The largest absolute Gasteiger partial charge is 0.452 e. The lowest BCUT2D eigenvalue weighted by Gasteiger charge is -2.12. The molecule has 0 radical (unpaired) electrons. The van der Waals surface area contributed by atoms with Gasteiger partial charge in [-0.2, -0.15) is 0 Å². The molecule has 156 valence electrons. The summed E-state index contributed by atoms with van der Waals surface area (Å²) in [4.78, 5) is 23.9. The standard InChI is InChI=1S/C21H26N2O5S/c1-14(2)12-22-20(24)13-28-21(25)17-9-8-16(4)19(11-17)29(26,27)23-18-7-5-6-15(3)10-18/h5-11,14,23H,12-13H2,1-4H3,(H,22,24). The fraction of sp³-hybridized carbons (Fsp3) is 0.333. The summed E-state index contributed by atoms with van der Waals surface area (Å²) in [6, 6.07) is 11.2. The molecule has 0 saturated heterocycles. The number of anilines is 1. The van der Waals surface area contributed by atoms with Crippen LogP contribution in [0.2, 0.25) is 0 Å². The molecule has 0 unspecified atom stereocenters. The van der Waals surface area contributed by atoms with E-state index < -0.39 is 28.5 Å². The number of carbonyl (C=O) groups is 2. The third kappa shape index (κ3) is 6.60. The van der Waals surface area contributed by atoms with Gasteiger partial charge in [0.05, 0.1) is 10.5 Å². The maximum absolute atomic E-state index is 12.8. The first-order valence-corrected chi connectivity index (χ1v) is 10.7. The third-order valence-corrected chi connectivity index (χ3v) is 5.55. The maximum atomic E-state index is 12.8. The Bertz CT molecular complexity index is 1000. The molecule has 0 spiro atoms. The second-order valence-corrected chi connectivity index (χ2v) is 8.88. The van der Waals surface area contributed by atoms with Gasteiger partial charge in [0.25, 0.3) is 15.9 Å². The van der Waals surface area contributed by atoms with Crippen molar-refractivity contribution in [1.29, 1.82) is 0 Å². The minimum absolute atomic E-state index is 0.0299. The molecule has 1 amide bonds. The molecule has 0 saturated carbocycles. The predicted molar refractivity (Wildman–Crippen MR) is 111 cm³/mol. The number of amides is 1. The van der Waals surface area contributed by atoms with Crippen molar-refractivity contribution in [2.45, 2.75) is 32.6 Å². The predicted octanol–water partition coefficient (Wildman–Crippen LogP) is 3.03. The highest BCUT2D eigenvalue weighted by Gasteiger charge is 2.20. The van der Waals surface area contributed by atoms with Gasteiger partial charge in [-0.15, -0.1) is 0 Å². The molecule has 0 bridgehead atoms. The van der Waals surface area contributed by atoms with E-state index in [9.17, 15) is 18.0 Å². The quantitative estimate of drug-likeness (QED) is 0.642. The van der Waals surface area contributed by atoms with Gasteiger partial charge in [-0.1, -0.05) is 32.0 Å². The average Bonchev–Trinajstić information content (AvgIpc) is 2.64. The molecular weight excluding hydrogens is 392 g/mol. The van der Waals surface area contributed by atoms with Crippen LogP contribution in [0.4, 0.5) is 5.69 Å². The van der Waals surface area contributed by atoms with Crippen LogP contribution in [-0.2, 0) is 19.6 Å². The minimum atomic E-state index is -3.90. The highest BCUT2D eigenvalue weighted by molar-refractivity contribution is 7.92. The van der Waals surface area contributed by atoms with E-state index in [0.717, 1.165) is 5.56 Å². The van der Waals surface area contributed by atoms with Crippen LogP contribution >= 0.6 is 0 Å². The summed E-state index contributed by atoms with van der Waals surface area (Å²) in [7, 11) is -3.90. The summed E-state index contributed by atoms with van der Waals surface area (Å²) >= 11 is 0. The normalized spacial score (nSPS) is 11.2. The van der Waals surface area contributed by atoms with Gasteiger partial charge >= 0.3 is 5.97 Å². The molecule has 0 atom stereocenters. The Kier molecular flexibility index (Phi) is 7.39. The molecule has 2 rings (SSSR count). The van der Waals surface area contributed by atoms with Crippen LogP contribution in [0.25, 0.3) is 0 Å². The van der Waals surface area contributed by atoms with Crippen molar-refractivity contribution in [2.24, 2.45) is 5.92 Å². The topological polar surface area (TPSA) is 102 Å². The Morgan fingerprint density at radius 2 is 1.79 bits per heavy atom. The number of hydrogen-bond acceptors (Lipinski definition) is 5. The number of hydrogen-bond donors (Lipinski definition) is 2. The van der Waals surface area contributed by atoms with E-state index in [1.807, 2.05) is 26.8 Å². The monoisotopic (exact) mass is 418 g/mol. The summed E-state index contributed by atoms with van der Waals surface area (Å²) in [5, 5.41) is 2.64. The molecule has 0 aliphatic heterocycles. The summed E-state index contributed by atoms with van der Waals surface area (Å²) in [5.41, 5.74) is 1.88. The van der Waals surface area contributed by atoms with E-state index >= 15 is 0 Å². The van der Waals surface area contributed by atoms with Crippen molar-refractivity contribution >= 4 is 27.6 Å². The minimum Gasteiger partial charge on any atom is -0.452 e. The first-order chi connectivity index (χ1) is 13.6. The van der Waals surface area contributed by atoms with Crippen molar-refractivity contribution in [3.63, 3.8) is 0 Å². The van der Waals surface area contributed by atoms with Crippen molar-refractivity contribution in [3.05, 3.63) is 59.2 Å². The number of aryl methyl sites for hydroxylation is 2. The molecular formula is C21H26N2O5S. The Hall–Kier alpha value is -2.87. The van der Waals surface area contributed by atoms with Gasteiger partial charge in [0.2, 0.25) is 0 Å². The number of esters is 1. The fourth-order valence-corrected chi connectivity index (χ4v) is 3.84. The SMILES string of the molecule is Cc1cccc(NS(=O)(=O)c2cc(C(=O)OCC(=O)NCC(C)C)ccc2C)c1. The van der Waals surface area contributed by atoms with E-state index in [4.69, 9.17) is 4.74 Å². The summed E-state index contributed by atoms with van der Waals surface area (Å²) in [6.45, 7) is 7.45. The second kappa shape index (κ2) is 9.56. The van der Waals surface area contributed by atoms with Gasteiger partial charge in [-0.05, 0) is 55.2 Å². The lowest BCUT2D eigenvalue weighted by Crippen LogP contribution is -2.31. The highest BCUT2D eigenvalue weighted by Crippen LogP contribution is 2.21. The van der Waals surface area contributed by atoms with Gasteiger partial charge in [0.15, 0.2) is 6.61 Å². The zero-order valence-corrected chi connectivity index (χ0v) is 17.8. The molecule has 8 heteroatoms. The van der Waals surface area contributed by atoms with Crippen LogP contribution in [0.15, 0.2) is 47.4 Å². The van der Waals surface area contributed by atoms with Gasteiger partial charge < -0.3 is 10.1 Å². The summed E-state index contributed by atoms with van der Waals surface area (Å²) in [5.74, 6) is -0.898. The summed E-state index contributed by atoms with van der Waals surface area (Å²) in [6.07, 6.45) is 0. The molecule has 0 fully saturated rings. The highest BCUT2D eigenvalue weighted by atomic mass is 32.2. The number of ether oxygens (including phenoxy) is 1. The van der Waals surface area contributed by atoms with Gasteiger partial charge in [0.1, 0.15) is 0 Å². The molecule has 0 heterocycles. The number of carbonyl (C=O) groups excluding carboxylic acids is 2. The molecule has 0 aliphatic rings. The van der Waals surface area contributed by atoms with Gasteiger partial charge in [-0.3, -0.25) is 9.52 Å². The molecule has 7 nitrogen and oxygen atoms in total. The number of nitrogens with one attached hydrogen (secondary N) is 2. The smallest absolute Gasteiger partial charge is 0.338 e. The van der Waals surface area contributed by atoms with Gasteiger partial charge in [-0.25, -0.2) is 13.2 Å². The summed E-state index contributed by atoms with van der Waals surface area (Å²) < 4.78 is 33.1. The van der Waals surface area contributed by atoms with E-state index in [2.05, 4.69) is 10.0 Å². The van der Waals surface area contributed by atoms with Gasteiger partial charge in [0, 0.05) is 12.2 Å². The van der Waals surface area contributed by atoms with E-state index in [1.165, 1.54) is 18.2 Å². The number of rotatable bonds is 8. The van der Waals surface area contributed by atoms with Crippen LogP contribution < -0.4 is 10.0 Å². The zero-order chi connectivity index (χ0) is 21.6. The van der Waals surface area contributed by atoms with Crippen LogP contribution in [0.3, 0.4) is 0 Å². The average molecular weight is 419 g/mol. The van der Waals surface area contributed by atoms with E-state index in [0.29, 0.717) is 17.8 Å². The Labute approximate surface area is 171 Å². The maximum Gasteiger partial charge on any atom is 0.338 e. The first-order valence-electron chi connectivity index (χ1n) is 9.22. The van der Waals surface area contributed by atoms with Crippen LogP contribution in [-0.4, -0.2) is 33.4 Å². The van der Waals surface area contributed by atoms with Crippen molar-refractivity contribution in [2.75, 3.05) is 17.9 Å². The third-order valence-electron chi connectivity index (χ3n) is 4.03. The lowest BCUT2D eigenvalue weighted by molar-refractivity contribution is -0.124. The first kappa shape index (κ1) is 22.4. The Morgan fingerprint density at radius 1 is 1.07 bits per heavy atom. The Balaban J connectivity index is 2.14. The fourth-order valence-electron chi connectivity index (χ4n) is 2.52. The Morgan fingerprint density at radius 3 is 2.45 bits per heavy atom. The van der Waals surface area contributed by atoms with Crippen molar-refractivity contribution in [1.82, 2.24) is 5.32 Å².